The summed E-state index contributed by atoms with van der Waals surface area (Å²) in [6.07, 6.45) is 3.67. The molecule has 0 N–H and O–H groups in total. The molecule has 2 aromatic carbocycles. The Morgan fingerprint density at radius 1 is 1.10 bits per heavy atom. The van der Waals surface area contributed by atoms with E-state index >= 15 is 0 Å². The Balaban J connectivity index is 2.16. The number of nitrogens with zero attached hydrogens (tertiary/aromatic N) is 2. The number of hydrogen-bond donors (Lipinski definition) is 0. The predicted molar refractivity (Wildman–Crippen MR) is 82.7 cm³/mol. The Hall–Kier alpha value is -2.86. The highest BCUT2D eigenvalue weighted by Gasteiger charge is 2.38. The van der Waals surface area contributed by atoms with E-state index in [2.05, 4.69) is 6.07 Å². The Labute approximate surface area is 123 Å². The quantitative estimate of drug-likeness (QED) is 0.796. The van der Waals surface area contributed by atoms with Crippen LogP contribution in [-0.4, -0.2) is 11.4 Å². The first-order chi connectivity index (χ1) is 10.2. The van der Waals surface area contributed by atoms with E-state index in [0.29, 0.717) is 5.56 Å². The predicted octanol–water partition coefficient (Wildman–Crippen LogP) is 3.64. The van der Waals surface area contributed by atoms with Gasteiger partial charge in [0.15, 0.2) is 5.54 Å². The average molecular weight is 274 g/mol. The van der Waals surface area contributed by atoms with E-state index in [1.807, 2.05) is 48.5 Å². The van der Waals surface area contributed by atoms with Crippen LogP contribution in [0.25, 0.3) is 6.08 Å². The summed E-state index contributed by atoms with van der Waals surface area (Å²) in [6, 6.07) is 18.9. The number of benzene rings is 2. The third kappa shape index (κ3) is 2.11. The first-order valence-corrected chi connectivity index (χ1v) is 6.75. The van der Waals surface area contributed by atoms with E-state index < -0.39 is 5.54 Å². The van der Waals surface area contributed by atoms with Gasteiger partial charge >= 0.3 is 0 Å². The number of hydrogen-bond acceptors (Lipinski definition) is 2. The van der Waals surface area contributed by atoms with Crippen LogP contribution in [0.5, 0.6) is 0 Å². The summed E-state index contributed by atoms with van der Waals surface area (Å²) in [5, 5.41) is 9.55. The highest BCUT2D eigenvalue weighted by atomic mass is 16.2. The molecule has 0 bridgehead atoms. The third-order valence-electron chi connectivity index (χ3n) is 3.68. The summed E-state index contributed by atoms with van der Waals surface area (Å²) in [4.78, 5) is 14.4. The van der Waals surface area contributed by atoms with Crippen LogP contribution in [0.3, 0.4) is 0 Å². The van der Waals surface area contributed by atoms with Crippen LogP contribution >= 0.6 is 0 Å². The molecule has 1 heterocycles. The lowest BCUT2D eigenvalue weighted by atomic mass is 9.92. The van der Waals surface area contributed by atoms with Crippen molar-refractivity contribution >= 4 is 17.7 Å². The van der Waals surface area contributed by atoms with E-state index in [0.717, 1.165) is 11.3 Å². The fraction of sp³-hybridized carbons (Fsp3) is 0.111. The minimum absolute atomic E-state index is 0.170. The zero-order valence-electron chi connectivity index (χ0n) is 11.7. The summed E-state index contributed by atoms with van der Waals surface area (Å²) < 4.78 is 0. The molecule has 0 aromatic heterocycles. The Morgan fingerprint density at radius 2 is 1.76 bits per heavy atom. The molecule has 3 rings (SSSR count). The van der Waals surface area contributed by atoms with Gasteiger partial charge in [-0.3, -0.25) is 9.69 Å². The molecule has 1 aliphatic rings. The van der Waals surface area contributed by atoms with Gasteiger partial charge in [-0.05, 0) is 36.8 Å². The molecule has 1 amide bonds. The summed E-state index contributed by atoms with van der Waals surface area (Å²) in [5.74, 6) is -0.170. The van der Waals surface area contributed by atoms with Gasteiger partial charge in [-0.2, -0.15) is 5.26 Å². The molecule has 1 atom stereocenters. The standard InChI is InChI=1S/C18H14N2O/c1-18(13-19)12-11-14-7-5-6-10-16(14)20(18)17(21)15-8-3-2-4-9-15/h2-12H,1H3. The second-order valence-corrected chi connectivity index (χ2v) is 5.16. The molecule has 0 saturated heterocycles. The summed E-state index contributed by atoms with van der Waals surface area (Å²) >= 11 is 0. The second-order valence-electron chi connectivity index (χ2n) is 5.16. The molecule has 1 unspecified atom stereocenters. The molecule has 0 aliphatic carbocycles. The van der Waals surface area contributed by atoms with Crippen LogP contribution in [0.1, 0.15) is 22.8 Å². The van der Waals surface area contributed by atoms with Gasteiger partial charge in [0, 0.05) is 5.56 Å². The molecule has 1 aliphatic heterocycles. The summed E-state index contributed by atoms with van der Waals surface area (Å²) in [5.41, 5.74) is 1.29. The Kier molecular flexibility index (Phi) is 3.08. The van der Waals surface area contributed by atoms with Gasteiger partial charge in [0.2, 0.25) is 0 Å². The van der Waals surface area contributed by atoms with E-state index in [-0.39, 0.29) is 5.91 Å². The number of fused-ring (bicyclic) bond motifs is 1. The highest BCUT2D eigenvalue weighted by Crippen LogP contribution is 2.35. The topological polar surface area (TPSA) is 44.1 Å². The van der Waals surface area contributed by atoms with E-state index in [4.69, 9.17) is 0 Å². The molecular formula is C18H14N2O. The number of nitriles is 1. The first kappa shape index (κ1) is 13.1. The van der Waals surface area contributed by atoms with Crippen molar-refractivity contribution < 1.29 is 4.79 Å². The Morgan fingerprint density at radius 3 is 2.48 bits per heavy atom. The van der Waals surface area contributed by atoms with E-state index in [1.54, 1.807) is 30.0 Å². The molecule has 2 aromatic rings. The number of amides is 1. The lowest BCUT2D eigenvalue weighted by molar-refractivity contribution is 0.0975. The van der Waals surface area contributed by atoms with Crippen LogP contribution in [0.15, 0.2) is 60.7 Å². The molecule has 21 heavy (non-hydrogen) atoms. The number of anilines is 1. The minimum atomic E-state index is -0.985. The summed E-state index contributed by atoms with van der Waals surface area (Å²) in [7, 11) is 0. The van der Waals surface area contributed by atoms with Crippen LogP contribution in [0.4, 0.5) is 5.69 Å². The second kappa shape index (κ2) is 4.92. The zero-order valence-corrected chi connectivity index (χ0v) is 11.7. The van der Waals surface area contributed by atoms with Crippen molar-refractivity contribution in [2.24, 2.45) is 0 Å². The van der Waals surface area contributed by atoms with Gasteiger partial charge in [-0.25, -0.2) is 0 Å². The van der Waals surface area contributed by atoms with Crippen molar-refractivity contribution in [3.8, 4) is 6.07 Å². The van der Waals surface area contributed by atoms with E-state index in [1.165, 1.54) is 0 Å². The largest absolute Gasteiger partial charge is 0.285 e. The van der Waals surface area contributed by atoms with Crippen molar-refractivity contribution in [3.63, 3.8) is 0 Å². The van der Waals surface area contributed by atoms with E-state index in [9.17, 15) is 10.1 Å². The van der Waals surface area contributed by atoms with Crippen molar-refractivity contribution in [1.29, 1.82) is 5.26 Å². The molecular weight excluding hydrogens is 260 g/mol. The van der Waals surface area contributed by atoms with Gasteiger partial charge in [-0.15, -0.1) is 0 Å². The maximum absolute atomic E-state index is 12.9. The van der Waals surface area contributed by atoms with Gasteiger partial charge in [-0.1, -0.05) is 42.5 Å². The lowest BCUT2D eigenvalue weighted by Gasteiger charge is -2.37. The average Bonchev–Trinajstić information content (AvgIpc) is 2.55. The third-order valence-corrected chi connectivity index (χ3v) is 3.68. The maximum atomic E-state index is 12.9. The zero-order chi connectivity index (χ0) is 14.9. The van der Waals surface area contributed by atoms with Gasteiger partial charge in [0.05, 0.1) is 11.8 Å². The molecule has 0 saturated carbocycles. The number of para-hydroxylation sites is 1. The van der Waals surface area contributed by atoms with Crippen LogP contribution < -0.4 is 4.90 Å². The van der Waals surface area contributed by atoms with Gasteiger partial charge < -0.3 is 0 Å². The molecule has 0 radical (unpaired) electrons. The fourth-order valence-corrected chi connectivity index (χ4v) is 2.53. The van der Waals surface area contributed by atoms with Gasteiger partial charge in [0.25, 0.3) is 5.91 Å². The van der Waals surface area contributed by atoms with Crippen LogP contribution in [-0.2, 0) is 0 Å². The van der Waals surface area contributed by atoms with Crippen molar-refractivity contribution in [1.82, 2.24) is 0 Å². The fourth-order valence-electron chi connectivity index (χ4n) is 2.53. The van der Waals surface area contributed by atoms with Gasteiger partial charge in [0.1, 0.15) is 0 Å². The molecule has 3 nitrogen and oxygen atoms in total. The van der Waals surface area contributed by atoms with Crippen molar-refractivity contribution in [2.75, 3.05) is 4.90 Å². The smallest absolute Gasteiger partial charge is 0.259 e. The number of carbonyl (C=O) groups is 1. The minimum Gasteiger partial charge on any atom is -0.285 e. The number of rotatable bonds is 1. The van der Waals surface area contributed by atoms with Crippen molar-refractivity contribution in [2.45, 2.75) is 12.5 Å². The van der Waals surface area contributed by atoms with Crippen molar-refractivity contribution in [3.05, 3.63) is 71.8 Å². The molecule has 102 valence electrons. The van der Waals surface area contributed by atoms with Crippen LogP contribution in [0, 0.1) is 11.3 Å². The highest BCUT2D eigenvalue weighted by molar-refractivity contribution is 6.09. The first-order valence-electron chi connectivity index (χ1n) is 6.75. The normalized spacial score (nSPS) is 19.7. The molecule has 0 fully saturated rings. The van der Waals surface area contributed by atoms with Crippen LogP contribution in [0.2, 0.25) is 0 Å². The SMILES string of the molecule is CC1(C#N)C=Cc2ccccc2N1C(=O)c1ccccc1. The molecule has 3 heteroatoms. The number of carbonyl (C=O) groups excluding carboxylic acids is 1. The molecule has 0 spiro atoms. The monoisotopic (exact) mass is 274 g/mol. The summed E-state index contributed by atoms with van der Waals surface area (Å²) in [6.45, 7) is 1.75. The maximum Gasteiger partial charge on any atom is 0.259 e. The lowest BCUT2D eigenvalue weighted by Crippen LogP contribution is -2.49. The Bertz CT molecular complexity index is 758.